The van der Waals surface area contributed by atoms with E-state index in [9.17, 15) is 19.7 Å². The van der Waals surface area contributed by atoms with Gasteiger partial charge in [-0.05, 0) is 60.7 Å². The van der Waals surface area contributed by atoms with E-state index >= 15 is 0 Å². The molecule has 0 aliphatic carbocycles. The zero-order valence-corrected chi connectivity index (χ0v) is 17.6. The molecular formula is C22H18N4O5S. The van der Waals surface area contributed by atoms with Crippen LogP contribution in [-0.4, -0.2) is 29.0 Å². The average molecular weight is 450 g/mol. The van der Waals surface area contributed by atoms with Gasteiger partial charge in [0.05, 0.1) is 12.0 Å². The van der Waals surface area contributed by atoms with E-state index in [4.69, 9.17) is 17.0 Å². The summed E-state index contributed by atoms with van der Waals surface area (Å²) in [6.45, 7) is 0. The molecule has 3 rings (SSSR count). The molecule has 0 aliphatic heterocycles. The number of nitro benzene ring substituents is 1. The third-order valence-corrected chi connectivity index (χ3v) is 4.51. The average Bonchev–Trinajstić information content (AvgIpc) is 2.80. The molecule has 3 aromatic carbocycles. The predicted molar refractivity (Wildman–Crippen MR) is 124 cm³/mol. The molecule has 3 N–H and O–H groups in total. The Balaban J connectivity index is 1.59. The number of anilines is 2. The minimum Gasteiger partial charge on any atom is -0.490 e. The topological polar surface area (TPSA) is 123 Å². The third kappa shape index (κ3) is 5.64. The molecular weight excluding hydrogens is 432 g/mol. The summed E-state index contributed by atoms with van der Waals surface area (Å²) in [6.07, 6.45) is 0. The molecule has 0 radical (unpaired) electrons. The molecule has 0 spiro atoms. The fourth-order valence-electron chi connectivity index (χ4n) is 2.74. The van der Waals surface area contributed by atoms with Crippen molar-refractivity contribution < 1.29 is 19.2 Å². The van der Waals surface area contributed by atoms with Gasteiger partial charge in [-0.15, -0.1) is 0 Å². The standard InChI is InChI=1S/C22H18N4O5S/c1-31-19-12-7-15(13-18(19)26(29)30)21(28)25-22(32)24-17-10-8-16(9-11-17)23-20(27)14-5-3-2-4-6-14/h2-13H,1H3,(H,23,27)(H2,24,25,28,32). The van der Waals surface area contributed by atoms with E-state index in [0.29, 0.717) is 16.9 Å². The van der Waals surface area contributed by atoms with Crippen molar-refractivity contribution in [2.45, 2.75) is 0 Å². The number of nitrogens with one attached hydrogen (secondary N) is 3. The van der Waals surface area contributed by atoms with Gasteiger partial charge in [-0.25, -0.2) is 0 Å². The number of methoxy groups -OCH3 is 1. The maximum atomic E-state index is 12.4. The van der Waals surface area contributed by atoms with E-state index in [1.54, 1.807) is 48.5 Å². The Morgan fingerprint density at radius 3 is 2.09 bits per heavy atom. The maximum absolute atomic E-state index is 12.4. The SMILES string of the molecule is COc1ccc(C(=O)NC(=S)Nc2ccc(NC(=O)c3ccccc3)cc2)cc1[N+](=O)[O-]. The van der Waals surface area contributed by atoms with Crippen LogP contribution in [0.15, 0.2) is 72.8 Å². The molecule has 10 heteroatoms. The zero-order valence-electron chi connectivity index (χ0n) is 16.8. The monoisotopic (exact) mass is 450 g/mol. The van der Waals surface area contributed by atoms with Crippen LogP contribution < -0.4 is 20.7 Å². The van der Waals surface area contributed by atoms with Gasteiger partial charge in [0, 0.05) is 28.6 Å². The van der Waals surface area contributed by atoms with Gasteiger partial charge < -0.3 is 15.4 Å². The predicted octanol–water partition coefficient (Wildman–Crippen LogP) is 3.98. The molecule has 0 aromatic heterocycles. The molecule has 3 aromatic rings. The van der Waals surface area contributed by atoms with Crippen LogP contribution in [-0.2, 0) is 0 Å². The summed E-state index contributed by atoms with van der Waals surface area (Å²) in [5.74, 6) is -0.797. The second-order valence-corrected chi connectivity index (χ2v) is 6.86. The number of nitro groups is 1. The molecule has 0 unspecified atom stereocenters. The van der Waals surface area contributed by atoms with Crippen LogP contribution in [0.5, 0.6) is 5.75 Å². The Hall–Kier alpha value is -4.31. The van der Waals surface area contributed by atoms with Crippen LogP contribution in [0.2, 0.25) is 0 Å². The summed E-state index contributed by atoms with van der Waals surface area (Å²) in [5.41, 5.74) is 1.43. The quantitative estimate of drug-likeness (QED) is 0.295. The summed E-state index contributed by atoms with van der Waals surface area (Å²) in [5, 5.41) is 19.2. The van der Waals surface area contributed by atoms with Gasteiger partial charge in [-0.2, -0.15) is 0 Å². The minimum absolute atomic E-state index is 0.00884. The van der Waals surface area contributed by atoms with Gasteiger partial charge in [-0.1, -0.05) is 18.2 Å². The first kappa shape index (κ1) is 22.4. The number of rotatable bonds is 6. The van der Waals surface area contributed by atoms with Gasteiger partial charge in [0.2, 0.25) is 0 Å². The van der Waals surface area contributed by atoms with Gasteiger partial charge in [-0.3, -0.25) is 25.0 Å². The Morgan fingerprint density at radius 2 is 1.50 bits per heavy atom. The fourth-order valence-corrected chi connectivity index (χ4v) is 2.95. The molecule has 0 aliphatic rings. The van der Waals surface area contributed by atoms with E-state index in [1.807, 2.05) is 6.07 Å². The van der Waals surface area contributed by atoms with E-state index in [0.717, 1.165) is 6.07 Å². The van der Waals surface area contributed by atoms with E-state index in [2.05, 4.69) is 16.0 Å². The Labute approximate surface area is 188 Å². The summed E-state index contributed by atoms with van der Waals surface area (Å²) >= 11 is 5.14. The van der Waals surface area contributed by atoms with Crippen LogP contribution in [0.4, 0.5) is 17.1 Å². The Bertz CT molecular complexity index is 1170. The van der Waals surface area contributed by atoms with E-state index < -0.39 is 10.8 Å². The molecule has 162 valence electrons. The molecule has 0 bridgehead atoms. The van der Waals surface area contributed by atoms with Crippen molar-refractivity contribution in [3.05, 3.63) is 94.0 Å². The van der Waals surface area contributed by atoms with Gasteiger partial charge >= 0.3 is 5.69 Å². The zero-order chi connectivity index (χ0) is 23.1. The molecule has 0 saturated heterocycles. The van der Waals surface area contributed by atoms with Crippen LogP contribution >= 0.6 is 12.2 Å². The second kappa shape index (κ2) is 10.1. The number of hydrogen-bond donors (Lipinski definition) is 3. The number of benzene rings is 3. The Kier molecular flexibility index (Phi) is 7.09. The Morgan fingerprint density at radius 1 is 0.875 bits per heavy atom. The highest BCUT2D eigenvalue weighted by molar-refractivity contribution is 7.80. The molecule has 0 saturated carbocycles. The first-order valence-corrected chi connectivity index (χ1v) is 9.69. The number of amides is 2. The van der Waals surface area contributed by atoms with Crippen molar-refractivity contribution in [2.75, 3.05) is 17.7 Å². The van der Waals surface area contributed by atoms with Gasteiger partial charge in [0.15, 0.2) is 10.9 Å². The first-order chi connectivity index (χ1) is 15.4. The van der Waals surface area contributed by atoms with Crippen molar-refractivity contribution in [2.24, 2.45) is 0 Å². The lowest BCUT2D eigenvalue weighted by atomic mass is 10.1. The van der Waals surface area contributed by atoms with Crippen LogP contribution in [0.3, 0.4) is 0 Å². The lowest BCUT2D eigenvalue weighted by Gasteiger charge is -2.11. The number of thiocarbonyl (C=S) groups is 1. The van der Waals surface area contributed by atoms with Crippen molar-refractivity contribution in [1.82, 2.24) is 5.32 Å². The molecule has 32 heavy (non-hydrogen) atoms. The van der Waals surface area contributed by atoms with E-state index in [-0.39, 0.29) is 28.0 Å². The van der Waals surface area contributed by atoms with Crippen LogP contribution in [0, 0.1) is 10.1 Å². The smallest absolute Gasteiger partial charge is 0.311 e. The highest BCUT2D eigenvalue weighted by Crippen LogP contribution is 2.27. The van der Waals surface area contributed by atoms with Crippen LogP contribution in [0.25, 0.3) is 0 Å². The number of nitrogens with zero attached hydrogens (tertiary/aromatic N) is 1. The second-order valence-electron chi connectivity index (χ2n) is 6.45. The van der Waals surface area contributed by atoms with E-state index in [1.165, 1.54) is 19.2 Å². The number of hydrogen-bond acceptors (Lipinski definition) is 6. The lowest BCUT2D eigenvalue weighted by molar-refractivity contribution is -0.385. The first-order valence-electron chi connectivity index (χ1n) is 9.28. The highest BCUT2D eigenvalue weighted by Gasteiger charge is 2.18. The molecule has 0 heterocycles. The maximum Gasteiger partial charge on any atom is 0.311 e. The van der Waals surface area contributed by atoms with Gasteiger partial charge in [0.1, 0.15) is 0 Å². The van der Waals surface area contributed by atoms with Crippen molar-refractivity contribution in [1.29, 1.82) is 0 Å². The minimum atomic E-state index is -0.635. The fraction of sp³-hybridized carbons (Fsp3) is 0.0455. The van der Waals surface area contributed by atoms with Gasteiger partial charge in [0.25, 0.3) is 11.8 Å². The lowest BCUT2D eigenvalue weighted by Crippen LogP contribution is -2.34. The summed E-state index contributed by atoms with van der Waals surface area (Å²) in [7, 11) is 1.31. The number of ether oxygens (including phenoxy) is 1. The summed E-state index contributed by atoms with van der Waals surface area (Å²) in [6, 6.07) is 19.4. The summed E-state index contributed by atoms with van der Waals surface area (Å²) in [4.78, 5) is 35.1. The molecule has 0 fully saturated rings. The number of carbonyl (C=O) groups excluding carboxylic acids is 2. The largest absolute Gasteiger partial charge is 0.490 e. The third-order valence-electron chi connectivity index (χ3n) is 4.30. The summed E-state index contributed by atoms with van der Waals surface area (Å²) < 4.78 is 4.92. The molecule has 9 nitrogen and oxygen atoms in total. The van der Waals surface area contributed by atoms with Crippen molar-refractivity contribution in [3.8, 4) is 5.75 Å². The normalized spacial score (nSPS) is 10.0. The van der Waals surface area contributed by atoms with Crippen LogP contribution in [0.1, 0.15) is 20.7 Å². The molecule has 0 atom stereocenters. The number of carbonyl (C=O) groups is 2. The van der Waals surface area contributed by atoms with Crippen molar-refractivity contribution in [3.63, 3.8) is 0 Å². The van der Waals surface area contributed by atoms with Crippen molar-refractivity contribution >= 4 is 46.2 Å². The highest BCUT2D eigenvalue weighted by atomic mass is 32.1. The molecule has 2 amide bonds.